The summed E-state index contributed by atoms with van der Waals surface area (Å²) >= 11 is 4.31. The summed E-state index contributed by atoms with van der Waals surface area (Å²) in [5.74, 6) is -0.646. The minimum Gasteiger partial charge on any atom is -0.347 e. The van der Waals surface area contributed by atoms with Gasteiger partial charge in [0.05, 0.1) is 44.1 Å². The van der Waals surface area contributed by atoms with Gasteiger partial charge in [-0.3, -0.25) is 14.4 Å². The monoisotopic (exact) mass is 601 g/mol. The average molecular weight is 602 g/mol. The van der Waals surface area contributed by atoms with E-state index in [1.165, 1.54) is 0 Å². The van der Waals surface area contributed by atoms with Crippen LogP contribution in [0.25, 0.3) is 0 Å². The van der Waals surface area contributed by atoms with Crippen LogP contribution >= 0.6 is 15.9 Å². The van der Waals surface area contributed by atoms with Gasteiger partial charge in [-0.25, -0.2) is 0 Å². The van der Waals surface area contributed by atoms with E-state index in [4.69, 9.17) is 16.0 Å². The van der Waals surface area contributed by atoms with E-state index in [2.05, 4.69) is 33.7 Å². The van der Waals surface area contributed by atoms with Gasteiger partial charge in [0.25, 0.3) is 0 Å². The first-order valence-electron chi connectivity index (χ1n) is 13.6. The Balaban J connectivity index is 0.000000202. The smallest absolute Gasteiger partial charge is 0.347 e. The summed E-state index contributed by atoms with van der Waals surface area (Å²) in [6, 6.07) is 4.00. The number of ketones is 3. The third kappa shape index (κ3) is 5.76. The predicted molar refractivity (Wildman–Crippen MR) is 161 cm³/mol. The zero-order chi connectivity index (χ0) is 31.0. The molecule has 2 unspecified atom stereocenters. The van der Waals surface area contributed by atoms with Crippen molar-refractivity contribution in [3.8, 4) is 12.1 Å². The molecule has 1 aliphatic heterocycles. The first-order valence-corrected chi connectivity index (χ1v) is 16.7. The van der Waals surface area contributed by atoms with Crippen LogP contribution in [-0.2, 0) is 35.7 Å². The van der Waals surface area contributed by atoms with Crippen molar-refractivity contribution in [1.29, 1.82) is 11.8 Å². The van der Waals surface area contributed by atoms with Gasteiger partial charge in [0, 0.05) is 36.5 Å². The van der Waals surface area contributed by atoms with E-state index in [1.807, 2.05) is 52.8 Å². The molecule has 0 bridgehead atoms. The maximum Gasteiger partial charge on any atom is 0.355 e. The van der Waals surface area contributed by atoms with Crippen LogP contribution < -0.4 is 0 Å². The van der Waals surface area contributed by atoms with E-state index >= 15 is 0 Å². The Morgan fingerprint density at radius 3 is 1.82 bits per heavy atom. The van der Waals surface area contributed by atoms with Crippen LogP contribution in [0.2, 0.25) is 0 Å². The van der Waals surface area contributed by atoms with Gasteiger partial charge < -0.3 is 9.47 Å². The molecule has 0 N–H and O–H groups in total. The number of fused-ring (bicyclic) bond motifs is 2. The van der Waals surface area contributed by atoms with Crippen LogP contribution in [-0.4, -0.2) is 37.6 Å². The number of allylic oxidation sites excluding steroid dienone is 7. The Hall–Kier alpha value is -2.18. The molecule has 10 heteroatoms. The molecule has 212 valence electrons. The Morgan fingerprint density at radius 2 is 1.35 bits per heavy atom. The summed E-state index contributed by atoms with van der Waals surface area (Å²) in [5, 5.41) is 18.3. The predicted octanol–water partition coefficient (Wildman–Crippen LogP) is 5.77. The van der Waals surface area contributed by atoms with Gasteiger partial charge in [-0.1, -0.05) is 49.3 Å². The fraction of sp³-hybridized carbons (Fsp3) is 0.567. The highest BCUT2D eigenvalue weighted by atomic mass is 32.6. The quantitative estimate of drug-likeness (QED) is 0.254. The standard InChI is InChI=1S/C16H19NO3.C14H15NO2.H2P2S/c1-14(2)12-4-5-16(19-6-7-20-16)10-15(12,3)8-11(9-17)13(14)18;1-13(2)11-5-4-10(16)7-14(11,3)6-9(8-15)12(13)17;1-2-3/h4,8H,5-7,10H2,1-3H3;5-6H,4,7H2,1-3H3;1H2/p+1/t15-;14-;/m11./s1/i/hT. The molecular formula is C30H37N2O5P2S+. The average Bonchev–Trinajstić information content (AvgIpc) is 3.30. The lowest BCUT2D eigenvalue weighted by Gasteiger charge is -2.48. The molecule has 7 nitrogen and oxygen atoms in total. The SMILES string of the molecule is CC1(C)C(=O)C(C#N)=C[C@]2(C)CC(=O)CC=C12.CC1(C)C(=O)C(C#N)=C[C@]2(C)CC3(CC=C12)OCCO3.[3H][P+](P)=S. The van der Waals surface area contributed by atoms with Crippen LogP contribution in [0.1, 0.15) is 67.2 Å². The molecule has 0 aromatic rings. The van der Waals surface area contributed by atoms with E-state index in [1.54, 1.807) is 12.2 Å². The van der Waals surface area contributed by atoms with E-state index in [0.717, 1.165) is 11.1 Å². The van der Waals surface area contributed by atoms with Crippen molar-refractivity contribution in [2.45, 2.75) is 73.0 Å². The zero-order valence-corrected chi connectivity index (χ0v) is 26.8. The fourth-order valence-corrected chi connectivity index (χ4v) is 7.01. The third-order valence-corrected chi connectivity index (χ3v) is 8.53. The first-order chi connectivity index (χ1) is 18.9. The van der Waals surface area contributed by atoms with Crippen LogP contribution in [0.4, 0.5) is 0 Å². The van der Waals surface area contributed by atoms with Gasteiger partial charge >= 0.3 is 1.28 Å². The topological polar surface area (TPSA) is 117 Å². The van der Waals surface area contributed by atoms with Crippen molar-refractivity contribution in [3.05, 3.63) is 46.6 Å². The van der Waals surface area contributed by atoms with Gasteiger partial charge in [0.2, 0.25) is 0 Å². The Kier molecular flexibility index (Phi) is 8.92. The highest BCUT2D eigenvalue weighted by Gasteiger charge is 2.54. The largest absolute Gasteiger partial charge is 0.355 e. The normalized spacial score (nSPS) is 31.5. The number of hydrogen-bond acceptors (Lipinski definition) is 8. The molecule has 5 rings (SSSR count). The maximum atomic E-state index is 12.4. The molecule has 4 atom stereocenters. The summed E-state index contributed by atoms with van der Waals surface area (Å²) in [4.78, 5) is 36.1. The Morgan fingerprint density at radius 1 is 0.900 bits per heavy atom. The number of carbonyl (C=O) groups excluding carboxylic acids is 3. The van der Waals surface area contributed by atoms with Crippen molar-refractivity contribution in [2.24, 2.45) is 21.7 Å². The van der Waals surface area contributed by atoms with E-state index in [-0.39, 0.29) is 33.9 Å². The molecule has 0 radical (unpaired) electrons. The molecule has 0 amide bonds. The molecule has 1 heterocycles. The van der Waals surface area contributed by atoms with Crippen molar-refractivity contribution < 1.29 is 23.9 Å². The van der Waals surface area contributed by atoms with Gasteiger partial charge in [0.1, 0.15) is 17.9 Å². The first kappa shape index (κ1) is 30.8. The lowest BCUT2D eigenvalue weighted by Crippen LogP contribution is -2.47. The molecule has 0 aromatic carbocycles. The Bertz CT molecular complexity index is 1400. The number of hydrogen-bond donors (Lipinski definition) is 0. The fourth-order valence-electron chi connectivity index (χ4n) is 7.01. The van der Waals surface area contributed by atoms with Crippen LogP contribution in [0, 0.1) is 44.3 Å². The van der Waals surface area contributed by atoms with E-state index in [0.29, 0.717) is 38.9 Å². The second kappa shape index (κ2) is 11.6. The van der Waals surface area contributed by atoms with E-state index < -0.39 is 29.0 Å². The molecule has 1 fully saturated rings. The third-order valence-electron chi connectivity index (χ3n) is 8.53. The minimum atomic E-state index is -0.870. The number of carbonyl (C=O) groups is 3. The number of Topliss-reactive ketones (excluding diaryl/α,β-unsaturated/α-hetero) is 3. The summed E-state index contributed by atoms with van der Waals surface area (Å²) in [6.07, 6.45) is 9.55. The van der Waals surface area contributed by atoms with Gasteiger partial charge in [-0.15, -0.1) is 0 Å². The highest BCUT2D eigenvalue weighted by Crippen LogP contribution is 2.56. The van der Waals surface area contributed by atoms with Crippen molar-refractivity contribution in [1.82, 2.24) is 0 Å². The maximum absolute atomic E-state index is 12.4. The second-order valence-corrected chi connectivity index (χ2v) is 15.1. The number of nitrogens with zero attached hydrogens (tertiary/aromatic N) is 2. The van der Waals surface area contributed by atoms with Gasteiger partial charge in [-0.05, 0) is 27.7 Å². The number of ether oxygens (including phenoxy) is 2. The lowest BCUT2D eigenvalue weighted by molar-refractivity contribution is -0.176. The van der Waals surface area contributed by atoms with Crippen LogP contribution in [0.5, 0.6) is 0 Å². The lowest BCUT2D eigenvalue weighted by atomic mass is 9.57. The summed E-state index contributed by atoms with van der Waals surface area (Å²) in [6.45, 7) is 11.8. The molecule has 1 saturated heterocycles. The summed E-state index contributed by atoms with van der Waals surface area (Å²) < 4.78 is 18.0. The number of nitriles is 2. The van der Waals surface area contributed by atoms with Crippen LogP contribution in [0.3, 0.4) is 0 Å². The minimum absolute atomic E-state index is 0.0899. The zero-order valence-electron chi connectivity index (χ0n) is 24.9. The highest BCUT2D eigenvalue weighted by molar-refractivity contribution is 8.24. The van der Waals surface area contributed by atoms with Crippen molar-refractivity contribution in [2.75, 3.05) is 13.2 Å². The molecule has 40 heavy (non-hydrogen) atoms. The molecule has 0 aromatic heterocycles. The van der Waals surface area contributed by atoms with Gasteiger partial charge in [-0.2, -0.15) is 10.5 Å². The molecule has 4 aliphatic carbocycles. The summed E-state index contributed by atoms with van der Waals surface area (Å²) in [7, 11) is 2.20. The van der Waals surface area contributed by atoms with Crippen molar-refractivity contribution in [3.63, 3.8) is 0 Å². The van der Waals surface area contributed by atoms with Crippen molar-refractivity contribution >= 4 is 45.1 Å². The van der Waals surface area contributed by atoms with Gasteiger partial charge in [0.15, 0.2) is 36.2 Å². The second-order valence-electron chi connectivity index (χ2n) is 12.3. The van der Waals surface area contributed by atoms with E-state index in [9.17, 15) is 19.6 Å². The van der Waals surface area contributed by atoms with Crippen LogP contribution in [0.15, 0.2) is 46.6 Å². The molecule has 5 aliphatic rings. The molecule has 0 saturated carbocycles. The molecular weight excluding hydrogens is 562 g/mol. The summed E-state index contributed by atoms with van der Waals surface area (Å²) in [5.41, 5.74) is 0.383. The Labute approximate surface area is 247 Å². The number of rotatable bonds is 0. The molecule has 1 spiro atoms.